The molecule has 0 aliphatic carbocycles. The third-order valence-corrected chi connectivity index (χ3v) is 2.16. The van der Waals surface area contributed by atoms with E-state index in [9.17, 15) is 0 Å². The lowest BCUT2D eigenvalue weighted by atomic mass is 10.3. The molecule has 1 fully saturated rings. The molecule has 1 unspecified atom stereocenters. The van der Waals surface area contributed by atoms with Crippen LogP contribution in [0.4, 0.5) is 0 Å². The second-order valence-corrected chi connectivity index (χ2v) is 3.22. The van der Waals surface area contributed by atoms with E-state index in [4.69, 9.17) is 10.00 Å². The summed E-state index contributed by atoms with van der Waals surface area (Å²) in [5.41, 5.74) is 0.397. The lowest BCUT2D eigenvalue weighted by molar-refractivity contribution is 0.223. The molecule has 1 N–H and O–H groups in total. The van der Waals surface area contributed by atoms with E-state index in [1.165, 1.54) is 0 Å². The Morgan fingerprint density at radius 3 is 3.29 bits per heavy atom. The van der Waals surface area contributed by atoms with Gasteiger partial charge in [0.1, 0.15) is 23.6 Å². The van der Waals surface area contributed by atoms with E-state index in [1.54, 1.807) is 18.3 Å². The van der Waals surface area contributed by atoms with Gasteiger partial charge in [-0.15, -0.1) is 0 Å². The molecule has 0 aromatic carbocycles. The predicted octanol–water partition coefficient (Wildman–Crippen LogP) is 0.694. The number of nitrogens with zero attached hydrogens (tertiary/aromatic N) is 2. The largest absolute Gasteiger partial charge is 0.489 e. The number of hydrogen-bond donors (Lipinski definition) is 1. The van der Waals surface area contributed by atoms with Crippen molar-refractivity contribution < 1.29 is 4.74 Å². The predicted molar refractivity (Wildman–Crippen MR) is 50.9 cm³/mol. The van der Waals surface area contributed by atoms with Crippen molar-refractivity contribution in [1.82, 2.24) is 10.3 Å². The number of aromatic nitrogens is 1. The Morgan fingerprint density at radius 2 is 2.57 bits per heavy atom. The molecule has 1 aromatic heterocycles. The van der Waals surface area contributed by atoms with Crippen molar-refractivity contribution in [2.24, 2.45) is 0 Å². The molecule has 0 amide bonds. The van der Waals surface area contributed by atoms with Crippen LogP contribution in [0.2, 0.25) is 0 Å². The molecule has 4 nitrogen and oxygen atoms in total. The standard InChI is InChI=1S/C10H11N3O/c11-6-8-5-9(2-4-13-8)14-10-1-3-12-7-10/h2,4-5,10,12H,1,3,7H2. The molecule has 0 spiro atoms. The summed E-state index contributed by atoms with van der Waals surface area (Å²) in [5.74, 6) is 0.727. The molecule has 1 aliphatic heterocycles. The van der Waals surface area contributed by atoms with Crippen LogP contribution < -0.4 is 10.1 Å². The van der Waals surface area contributed by atoms with E-state index in [-0.39, 0.29) is 6.10 Å². The van der Waals surface area contributed by atoms with E-state index in [1.807, 2.05) is 6.07 Å². The van der Waals surface area contributed by atoms with Crippen LogP contribution in [0.3, 0.4) is 0 Å². The van der Waals surface area contributed by atoms with Gasteiger partial charge in [0.05, 0.1) is 0 Å². The number of rotatable bonds is 2. The monoisotopic (exact) mass is 189 g/mol. The average Bonchev–Trinajstić information content (AvgIpc) is 2.71. The van der Waals surface area contributed by atoms with Gasteiger partial charge in [-0.05, 0) is 19.0 Å². The number of nitriles is 1. The fraction of sp³-hybridized carbons (Fsp3) is 0.400. The Kier molecular flexibility index (Phi) is 2.61. The van der Waals surface area contributed by atoms with E-state index >= 15 is 0 Å². The average molecular weight is 189 g/mol. The Hall–Kier alpha value is -1.60. The highest BCUT2D eigenvalue weighted by Crippen LogP contribution is 2.14. The quantitative estimate of drug-likeness (QED) is 0.743. The maximum Gasteiger partial charge on any atom is 0.144 e. The summed E-state index contributed by atoms with van der Waals surface area (Å²) >= 11 is 0. The first-order chi connectivity index (χ1) is 6.88. The third-order valence-electron chi connectivity index (χ3n) is 2.16. The second kappa shape index (κ2) is 4.07. The topological polar surface area (TPSA) is 57.9 Å². The molecule has 14 heavy (non-hydrogen) atoms. The summed E-state index contributed by atoms with van der Waals surface area (Å²) < 4.78 is 5.66. The summed E-state index contributed by atoms with van der Waals surface area (Å²) in [5, 5.41) is 11.9. The highest BCUT2D eigenvalue weighted by atomic mass is 16.5. The molecule has 4 heteroatoms. The zero-order chi connectivity index (χ0) is 9.80. The molecule has 0 radical (unpaired) electrons. The minimum atomic E-state index is 0.226. The molecule has 0 bridgehead atoms. The van der Waals surface area contributed by atoms with Gasteiger partial charge in [0.2, 0.25) is 0 Å². The third kappa shape index (κ3) is 2.01. The summed E-state index contributed by atoms with van der Waals surface area (Å²) in [6.45, 7) is 1.88. The molecule has 2 rings (SSSR count). The number of hydrogen-bond acceptors (Lipinski definition) is 4. The summed E-state index contributed by atoms with van der Waals surface area (Å²) in [4.78, 5) is 3.88. The Bertz CT molecular complexity index is 353. The highest BCUT2D eigenvalue weighted by Gasteiger charge is 2.15. The van der Waals surface area contributed by atoms with E-state index < -0.39 is 0 Å². The van der Waals surface area contributed by atoms with Gasteiger partial charge < -0.3 is 10.1 Å². The molecular formula is C10H11N3O. The zero-order valence-corrected chi connectivity index (χ0v) is 7.73. The lowest BCUT2D eigenvalue weighted by Gasteiger charge is -2.11. The number of ether oxygens (including phenoxy) is 1. The first-order valence-corrected chi connectivity index (χ1v) is 4.62. The number of pyridine rings is 1. The molecule has 1 saturated heterocycles. The van der Waals surface area contributed by atoms with Gasteiger partial charge in [-0.25, -0.2) is 4.98 Å². The Labute approximate surface area is 82.5 Å². The smallest absolute Gasteiger partial charge is 0.144 e. The molecular weight excluding hydrogens is 178 g/mol. The normalized spacial score (nSPS) is 20.4. The van der Waals surface area contributed by atoms with Gasteiger partial charge in [0.15, 0.2) is 0 Å². The van der Waals surface area contributed by atoms with Crippen molar-refractivity contribution >= 4 is 0 Å². The van der Waals surface area contributed by atoms with Crippen LogP contribution in [0.25, 0.3) is 0 Å². The van der Waals surface area contributed by atoms with Crippen molar-refractivity contribution in [3.8, 4) is 11.8 Å². The van der Waals surface area contributed by atoms with Gasteiger partial charge in [-0.3, -0.25) is 0 Å². The van der Waals surface area contributed by atoms with E-state index in [0.29, 0.717) is 5.69 Å². The molecule has 1 aliphatic rings. The lowest BCUT2D eigenvalue weighted by Crippen LogP contribution is -2.19. The van der Waals surface area contributed by atoms with E-state index in [0.717, 1.165) is 25.3 Å². The van der Waals surface area contributed by atoms with Crippen molar-refractivity contribution in [3.63, 3.8) is 0 Å². The van der Waals surface area contributed by atoms with Crippen LogP contribution in [0.15, 0.2) is 18.3 Å². The Morgan fingerprint density at radius 1 is 1.64 bits per heavy atom. The zero-order valence-electron chi connectivity index (χ0n) is 7.73. The van der Waals surface area contributed by atoms with Gasteiger partial charge >= 0.3 is 0 Å². The van der Waals surface area contributed by atoms with Gasteiger partial charge in [-0.1, -0.05) is 0 Å². The maximum atomic E-state index is 8.64. The van der Waals surface area contributed by atoms with Crippen molar-refractivity contribution in [2.75, 3.05) is 13.1 Å². The molecule has 1 atom stereocenters. The fourth-order valence-corrected chi connectivity index (χ4v) is 1.47. The molecule has 2 heterocycles. The maximum absolute atomic E-state index is 8.64. The fourth-order valence-electron chi connectivity index (χ4n) is 1.47. The van der Waals surface area contributed by atoms with Crippen LogP contribution in [0.5, 0.6) is 5.75 Å². The van der Waals surface area contributed by atoms with Crippen molar-refractivity contribution in [2.45, 2.75) is 12.5 Å². The summed E-state index contributed by atoms with van der Waals surface area (Å²) in [7, 11) is 0. The van der Waals surface area contributed by atoms with Crippen LogP contribution in [-0.4, -0.2) is 24.2 Å². The molecule has 72 valence electrons. The van der Waals surface area contributed by atoms with Crippen LogP contribution in [0, 0.1) is 11.3 Å². The van der Waals surface area contributed by atoms with E-state index in [2.05, 4.69) is 10.3 Å². The van der Waals surface area contributed by atoms with Gasteiger partial charge in [-0.2, -0.15) is 5.26 Å². The highest BCUT2D eigenvalue weighted by molar-refractivity contribution is 5.29. The van der Waals surface area contributed by atoms with Crippen molar-refractivity contribution in [3.05, 3.63) is 24.0 Å². The minimum absolute atomic E-state index is 0.226. The van der Waals surface area contributed by atoms with Crippen molar-refractivity contribution in [1.29, 1.82) is 5.26 Å². The summed E-state index contributed by atoms with van der Waals surface area (Å²) in [6, 6.07) is 5.43. The minimum Gasteiger partial charge on any atom is -0.489 e. The van der Waals surface area contributed by atoms with Crippen LogP contribution >= 0.6 is 0 Å². The Balaban J connectivity index is 2.05. The first-order valence-electron chi connectivity index (χ1n) is 4.62. The number of nitrogens with one attached hydrogen (secondary N) is 1. The van der Waals surface area contributed by atoms with Crippen LogP contribution in [0.1, 0.15) is 12.1 Å². The van der Waals surface area contributed by atoms with Gasteiger partial charge in [0.25, 0.3) is 0 Å². The second-order valence-electron chi connectivity index (χ2n) is 3.22. The molecule has 0 saturated carbocycles. The van der Waals surface area contributed by atoms with Gasteiger partial charge in [0, 0.05) is 18.8 Å². The molecule has 1 aromatic rings. The first kappa shape index (κ1) is 8.97. The van der Waals surface area contributed by atoms with Crippen LogP contribution in [-0.2, 0) is 0 Å². The SMILES string of the molecule is N#Cc1cc(OC2CCNC2)ccn1. The summed E-state index contributed by atoms with van der Waals surface area (Å²) in [6.07, 6.45) is 2.84.